The number of aliphatic hydroxyl groups excluding tert-OH is 2. The molecular formula is C70H137NO5. The van der Waals surface area contributed by atoms with Crippen LogP contribution in [0.15, 0.2) is 12.2 Å². The summed E-state index contributed by atoms with van der Waals surface area (Å²) < 4.78 is 5.50. The van der Waals surface area contributed by atoms with Crippen LogP contribution in [0.2, 0.25) is 0 Å². The number of carbonyl (C=O) groups is 2. The van der Waals surface area contributed by atoms with E-state index in [-0.39, 0.29) is 18.5 Å². The average Bonchev–Trinajstić information content (AvgIpc) is 3.42. The summed E-state index contributed by atoms with van der Waals surface area (Å²) in [5, 5.41) is 23.3. The van der Waals surface area contributed by atoms with Gasteiger partial charge in [-0.15, -0.1) is 0 Å². The summed E-state index contributed by atoms with van der Waals surface area (Å²) in [5.74, 6) is -0.0502. The van der Waals surface area contributed by atoms with Crippen molar-refractivity contribution < 1.29 is 24.5 Å². The van der Waals surface area contributed by atoms with Crippen molar-refractivity contribution in [1.82, 2.24) is 5.32 Å². The molecule has 0 aliphatic carbocycles. The molecule has 0 radical (unpaired) electrons. The molecule has 2 unspecified atom stereocenters. The number of unbranched alkanes of at least 4 members (excludes halogenated alkanes) is 55. The third-order valence-electron chi connectivity index (χ3n) is 16.6. The summed E-state index contributed by atoms with van der Waals surface area (Å²) in [4.78, 5) is 24.6. The maximum absolute atomic E-state index is 12.5. The Morgan fingerprint density at radius 3 is 0.895 bits per heavy atom. The Morgan fingerprint density at radius 1 is 0.355 bits per heavy atom. The quantitative estimate of drug-likeness (QED) is 0.0320. The Labute approximate surface area is 476 Å². The summed E-state index contributed by atoms with van der Waals surface area (Å²) in [6.07, 6.45) is 81.4. The summed E-state index contributed by atoms with van der Waals surface area (Å²) in [5.41, 5.74) is 0. The summed E-state index contributed by atoms with van der Waals surface area (Å²) in [7, 11) is 0. The molecule has 452 valence electrons. The molecule has 6 nitrogen and oxygen atoms in total. The Balaban J connectivity index is 3.40. The number of rotatable bonds is 66. The molecule has 3 N–H and O–H groups in total. The van der Waals surface area contributed by atoms with Crippen molar-refractivity contribution in [3.8, 4) is 0 Å². The molecule has 0 aromatic heterocycles. The van der Waals surface area contributed by atoms with Gasteiger partial charge in [0.2, 0.25) is 5.91 Å². The zero-order valence-electron chi connectivity index (χ0n) is 51.8. The molecule has 0 heterocycles. The summed E-state index contributed by atoms with van der Waals surface area (Å²) in [6.45, 7) is 4.95. The van der Waals surface area contributed by atoms with Crippen LogP contribution in [-0.2, 0) is 14.3 Å². The van der Waals surface area contributed by atoms with Gasteiger partial charge in [-0.3, -0.25) is 9.59 Å². The molecule has 2 atom stereocenters. The molecule has 0 aliphatic rings. The molecular weight excluding hydrogens is 935 g/mol. The van der Waals surface area contributed by atoms with Gasteiger partial charge in [0, 0.05) is 12.8 Å². The van der Waals surface area contributed by atoms with Crippen molar-refractivity contribution in [3.63, 3.8) is 0 Å². The van der Waals surface area contributed by atoms with Crippen LogP contribution in [0.3, 0.4) is 0 Å². The van der Waals surface area contributed by atoms with Crippen LogP contribution in [0.4, 0.5) is 0 Å². The van der Waals surface area contributed by atoms with Gasteiger partial charge in [0.15, 0.2) is 0 Å². The molecule has 0 saturated carbocycles. The van der Waals surface area contributed by atoms with Gasteiger partial charge in [0.1, 0.15) is 0 Å². The first-order valence-corrected chi connectivity index (χ1v) is 35.0. The highest BCUT2D eigenvalue weighted by atomic mass is 16.5. The Kier molecular flexibility index (Phi) is 64.9. The Hall–Kier alpha value is -1.40. The van der Waals surface area contributed by atoms with Crippen LogP contribution in [0.1, 0.15) is 399 Å². The molecule has 0 rings (SSSR count). The zero-order chi connectivity index (χ0) is 55.0. The van der Waals surface area contributed by atoms with Crippen molar-refractivity contribution in [2.75, 3.05) is 13.2 Å². The predicted molar refractivity (Wildman–Crippen MR) is 333 cm³/mol. The van der Waals surface area contributed by atoms with E-state index in [4.69, 9.17) is 4.74 Å². The van der Waals surface area contributed by atoms with Crippen LogP contribution in [-0.4, -0.2) is 47.4 Å². The van der Waals surface area contributed by atoms with Crippen molar-refractivity contribution in [1.29, 1.82) is 0 Å². The number of nitrogens with one attached hydrogen (secondary N) is 1. The van der Waals surface area contributed by atoms with E-state index in [9.17, 15) is 19.8 Å². The van der Waals surface area contributed by atoms with Gasteiger partial charge in [-0.05, 0) is 32.1 Å². The predicted octanol–water partition coefficient (Wildman–Crippen LogP) is 22.4. The van der Waals surface area contributed by atoms with E-state index >= 15 is 0 Å². The number of ether oxygens (including phenoxy) is 1. The average molecular weight is 1070 g/mol. The minimum absolute atomic E-state index is 0.0147. The topological polar surface area (TPSA) is 95.9 Å². The van der Waals surface area contributed by atoms with Crippen LogP contribution in [0.5, 0.6) is 0 Å². The SMILES string of the molecule is CCCCCCCCCCCCCCCCCCCCCCC/C=C/C(O)C(CO)NC(=O)CCCCCCCCCCCCCCCCCCCCCCOC(=O)CCCCCCCCCCCCCCCCCC. The number of carbonyl (C=O) groups excluding carboxylic acids is 2. The molecule has 0 bridgehead atoms. The fourth-order valence-electron chi connectivity index (χ4n) is 11.2. The van der Waals surface area contributed by atoms with E-state index in [2.05, 4.69) is 19.2 Å². The minimum Gasteiger partial charge on any atom is -0.466 e. The van der Waals surface area contributed by atoms with Gasteiger partial charge >= 0.3 is 5.97 Å². The highest BCUT2D eigenvalue weighted by Crippen LogP contribution is 2.19. The van der Waals surface area contributed by atoms with E-state index in [0.717, 1.165) is 38.5 Å². The number of amides is 1. The lowest BCUT2D eigenvalue weighted by Gasteiger charge is -2.20. The van der Waals surface area contributed by atoms with E-state index in [0.29, 0.717) is 19.4 Å². The lowest BCUT2D eigenvalue weighted by Crippen LogP contribution is -2.45. The number of hydrogen-bond donors (Lipinski definition) is 3. The van der Waals surface area contributed by atoms with Crippen molar-refractivity contribution >= 4 is 11.9 Å². The number of hydrogen-bond acceptors (Lipinski definition) is 5. The second-order valence-electron chi connectivity index (χ2n) is 24.2. The van der Waals surface area contributed by atoms with Crippen LogP contribution in [0.25, 0.3) is 0 Å². The normalized spacial score (nSPS) is 12.5. The molecule has 0 saturated heterocycles. The first-order valence-electron chi connectivity index (χ1n) is 35.0. The first kappa shape index (κ1) is 74.6. The molecule has 0 aromatic carbocycles. The molecule has 0 aromatic rings. The molecule has 0 spiro atoms. The second kappa shape index (κ2) is 66.1. The molecule has 0 fully saturated rings. The first-order chi connectivity index (χ1) is 37.5. The van der Waals surface area contributed by atoms with Gasteiger partial charge in [-0.1, -0.05) is 366 Å². The summed E-state index contributed by atoms with van der Waals surface area (Å²) >= 11 is 0. The monoisotopic (exact) mass is 1070 g/mol. The van der Waals surface area contributed by atoms with Crippen LogP contribution >= 0.6 is 0 Å². The zero-order valence-corrected chi connectivity index (χ0v) is 51.8. The smallest absolute Gasteiger partial charge is 0.305 e. The number of esters is 1. The lowest BCUT2D eigenvalue weighted by molar-refractivity contribution is -0.143. The van der Waals surface area contributed by atoms with E-state index in [1.165, 1.54) is 334 Å². The maximum Gasteiger partial charge on any atom is 0.305 e. The van der Waals surface area contributed by atoms with Gasteiger partial charge in [0.05, 0.1) is 25.4 Å². The molecule has 0 aliphatic heterocycles. The van der Waals surface area contributed by atoms with Crippen molar-refractivity contribution in [3.05, 3.63) is 12.2 Å². The van der Waals surface area contributed by atoms with Gasteiger partial charge in [-0.2, -0.15) is 0 Å². The number of aliphatic hydroxyl groups is 2. The van der Waals surface area contributed by atoms with Gasteiger partial charge in [0.25, 0.3) is 0 Å². The standard InChI is InChI=1S/C70H137NO5/c1-3-5-7-9-11-13-15-17-19-21-22-23-24-25-28-31-34-38-42-46-50-54-58-62-68(73)67(66-72)71-69(74)63-59-55-51-47-43-39-35-32-29-26-27-30-33-37-41-45-49-53-57-61-65-76-70(75)64-60-56-52-48-44-40-36-20-18-16-14-12-10-8-6-4-2/h58,62,67-68,72-73H,3-57,59-61,63-66H2,1-2H3,(H,71,74)/b62-58+. The van der Waals surface area contributed by atoms with Crippen LogP contribution < -0.4 is 5.32 Å². The minimum atomic E-state index is -0.846. The van der Waals surface area contributed by atoms with E-state index in [1.807, 2.05) is 6.08 Å². The van der Waals surface area contributed by atoms with Gasteiger partial charge in [-0.25, -0.2) is 0 Å². The largest absolute Gasteiger partial charge is 0.466 e. The Bertz CT molecular complexity index is 1140. The van der Waals surface area contributed by atoms with Crippen molar-refractivity contribution in [2.45, 2.75) is 411 Å². The Morgan fingerprint density at radius 2 is 0.605 bits per heavy atom. The van der Waals surface area contributed by atoms with Gasteiger partial charge < -0.3 is 20.3 Å². The third-order valence-corrected chi connectivity index (χ3v) is 16.6. The van der Waals surface area contributed by atoms with Crippen molar-refractivity contribution in [2.24, 2.45) is 0 Å². The second-order valence-corrected chi connectivity index (χ2v) is 24.2. The fraction of sp³-hybridized carbons (Fsp3) is 0.943. The fourth-order valence-corrected chi connectivity index (χ4v) is 11.2. The summed E-state index contributed by atoms with van der Waals surface area (Å²) in [6, 6.07) is -0.630. The molecule has 1 amide bonds. The van der Waals surface area contributed by atoms with E-state index in [1.54, 1.807) is 6.08 Å². The highest BCUT2D eigenvalue weighted by molar-refractivity contribution is 5.76. The molecule has 6 heteroatoms. The third kappa shape index (κ3) is 61.8. The van der Waals surface area contributed by atoms with E-state index < -0.39 is 12.1 Å². The highest BCUT2D eigenvalue weighted by Gasteiger charge is 2.18. The maximum atomic E-state index is 12.5. The molecule has 76 heavy (non-hydrogen) atoms. The van der Waals surface area contributed by atoms with Crippen LogP contribution in [0, 0.1) is 0 Å². The lowest BCUT2D eigenvalue weighted by atomic mass is 10.0. The number of allylic oxidation sites excluding steroid dienone is 1.